The molecule has 20 heavy (non-hydrogen) atoms. The Kier molecular flexibility index (Phi) is 7.45. The lowest BCUT2D eigenvalue weighted by molar-refractivity contribution is 0.296. The molecule has 3 nitrogen and oxygen atoms in total. The number of hydrogen-bond acceptors (Lipinski definition) is 3. The van der Waals surface area contributed by atoms with Gasteiger partial charge in [0.15, 0.2) is 0 Å². The first kappa shape index (κ1) is 16.8. The molecular weight excluding hydrogens is 250 g/mol. The fourth-order valence-corrected chi connectivity index (χ4v) is 2.48. The second-order valence-corrected chi connectivity index (χ2v) is 5.64. The molecular formula is C17H29NO2. The molecule has 0 aliphatic carbocycles. The van der Waals surface area contributed by atoms with Crippen molar-refractivity contribution in [1.29, 1.82) is 0 Å². The van der Waals surface area contributed by atoms with E-state index in [1.165, 1.54) is 25.9 Å². The Labute approximate surface area is 123 Å². The highest BCUT2D eigenvalue weighted by Crippen LogP contribution is 2.26. The number of hydrogen-bond donors (Lipinski definition) is 1. The van der Waals surface area contributed by atoms with E-state index in [0.29, 0.717) is 0 Å². The van der Waals surface area contributed by atoms with Gasteiger partial charge in [-0.05, 0) is 56.8 Å². The monoisotopic (exact) mass is 279 g/mol. The predicted molar refractivity (Wildman–Crippen MR) is 84.7 cm³/mol. The molecule has 1 atom stereocenters. The summed E-state index contributed by atoms with van der Waals surface area (Å²) in [5, 5.41) is 3.42. The van der Waals surface area contributed by atoms with Crippen molar-refractivity contribution in [3.8, 4) is 11.5 Å². The van der Waals surface area contributed by atoms with Gasteiger partial charge in [-0.15, -0.1) is 0 Å². The maximum Gasteiger partial charge on any atom is 0.125 e. The first-order chi connectivity index (χ1) is 9.60. The average molecular weight is 279 g/mol. The predicted octanol–water partition coefficient (Wildman–Crippen LogP) is 3.65. The molecule has 3 heteroatoms. The number of nitrogens with one attached hydrogen (secondary N) is 1. The van der Waals surface area contributed by atoms with Crippen LogP contribution >= 0.6 is 0 Å². The molecule has 0 aromatic heterocycles. The van der Waals surface area contributed by atoms with Gasteiger partial charge < -0.3 is 14.8 Å². The topological polar surface area (TPSA) is 30.5 Å². The van der Waals surface area contributed by atoms with Crippen molar-refractivity contribution < 1.29 is 9.47 Å². The summed E-state index contributed by atoms with van der Waals surface area (Å²) in [4.78, 5) is 0. The van der Waals surface area contributed by atoms with Crippen LogP contribution in [0.3, 0.4) is 0 Å². The largest absolute Gasteiger partial charge is 0.496 e. The zero-order valence-corrected chi connectivity index (χ0v) is 13.5. The van der Waals surface area contributed by atoms with Crippen molar-refractivity contribution in [2.75, 3.05) is 27.3 Å². The third-order valence-corrected chi connectivity index (χ3v) is 3.95. The highest BCUT2D eigenvalue weighted by molar-refractivity contribution is 5.43. The molecule has 1 aromatic rings. The molecule has 0 saturated carbocycles. The van der Waals surface area contributed by atoms with Gasteiger partial charge in [0.1, 0.15) is 11.5 Å². The number of piperidine rings is 1. The van der Waals surface area contributed by atoms with Crippen LogP contribution in [0.1, 0.15) is 32.3 Å². The van der Waals surface area contributed by atoms with Crippen LogP contribution in [0.5, 0.6) is 11.5 Å². The van der Waals surface area contributed by atoms with Crippen LogP contribution in [0, 0.1) is 18.8 Å². The number of rotatable bonds is 3. The molecule has 0 amide bonds. The summed E-state index contributed by atoms with van der Waals surface area (Å²) in [7, 11) is 3.31. The summed E-state index contributed by atoms with van der Waals surface area (Å²) in [5.41, 5.74) is 1.04. The zero-order chi connectivity index (χ0) is 15.0. The van der Waals surface area contributed by atoms with Crippen LogP contribution in [-0.2, 0) is 0 Å². The van der Waals surface area contributed by atoms with Crippen LogP contribution in [0.4, 0.5) is 0 Å². The van der Waals surface area contributed by atoms with Crippen molar-refractivity contribution in [3.63, 3.8) is 0 Å². The number of methoxy groups -OCH3 is 2. The van der Waals surface area contributed by atoms with Crippen LogP contribution in [-0.4, -0.2) is 27.3 Å². The van der Waals surface area contributed by atoms with Gasteiger partial charge in [0.25, 0.3) is 0 Å². The summed E-state index contributed by atoms with van der Waals surface area (Å²) in [6.07, 6.45) is 2.81. The fraction of sp³-hybridized carbons (Fsp3) is 0.647. The Hall–Kier alpha value is -1.22. The summed E-state index contributed by atoms with van der Waals surface area (Å²) < 4.78 is 10.2. The second-order valence-electron chi connectivity index (χ2n) is 5.64. The van der Waals surface area contributed by atoms with Gasteiger partial charge in [0.2, 0.25) is 0 Å². The van der Waals surface area contributed by atoms with Gasteiger partial charge in [-0.2, -0.15) is 0 Å². The van der Waals surface area contributed by atoms with Gasteiger partial charge in [0, 0.05) is 5.56 Å². The first-order valence-corrected chi connectivity index (χ1v) is 7.48. The van der Waals surface area contributed by atoms with Gasteiger partial charge in [-0.3, -0.25) is 0 Å². The lowest BCUT2D eigenvalue weighted by atomic mass is 9.89. The molecule has 1 aliphatic rings. The molecule has 0 unspecified atom stereocenters. The summed E-state index contributed by atoms with van der Waals surface area (Å²) >= 11 is 0. The molecule has 0 bridgehead atoms. The molecule has 2 rings (SSSR count). The molecule has 1 aliphatic heterocycles. The van der Waals surface area contributed by atoms with Gasteiger partial charge in [-0.1, -0.05) is 19.9 Å². The number of benzene rings is 1. The van der Waals surface area contributed by atoms with Gasteiger partial charge in [0.05, 0.1) is 14.2 Å². The smallest absolute Gasteiger partial charge is 0.125 e. The Morgan fingerprint density at radius 1 is 1.15 bits per heavy atom. The fourth-order valence-electron chi connectivity index (χ4n) is 2.48. The van der Waals surface area contributed by atoms with Crippen LogP contribution in [0.2, 0.25) is 0 Å². The normalized spacial score (nSPS) is 18.2. The Bertz CT molecular complexity index is 362. The summed E-state index contributed by atoms with van der Waals surface area (Å²) in [5.74, 6) is 3.55. The van der Waals surface area contributed by atoms with Crippen molar-refractivity contribution in [2.24, 2.45) is 11.8 Å². The second kappa shape index (κ2) is 8.85. The molecule has 1 N–H and O–H groups in total. The van der Waals surface area contributed by atoms with E-state index in [1.54, 1.807) is 14.2 Å². The van der Waals surface area contributed by atoms with Crippen molar-refractivity contribution in [2.45, 2.75) is 33.6 Å². The highest BCUT2D eigenvalue weighted by atomic mass is 16.5. The Balaban J connectivity index is 0.000000204. The molecule has 1 aromatic carbocycles. The maximum absolute atomic E-state index is 5.11. The van der Waals surface area contributed by atoms with E-state index in [-0.39, 0.29) is 0 Å². The molecule has 1 saturated heterocycles. The van der Waals surface area contributed by atoms with E-state index in [2.05, 4.69) is 19.2 Å². The standard InChI is InChI=1S/C9H12O2.C8H17N/c1-7-8(10-2)5-4-6-9(7)11-3;1-7(2)8-4-3-5-9-6-8/h4-6H,1-3H3;7-9H,3-6H2,1-2H3/t;8-/m.1/s1. The lowest BCUT2D eigenvalue weighted by Gasteiger charge is -2.25. The summed E-state index contributed by atoms with van der Waals surface area (Å²) in [6, 6.07) is 5.74. The average Bonchev–Trinajstić information content (AvgIpc) is 2.49. The Morgan fingerprint density at radius 3 is 2.10 bits per heavy atom. The molecule has 1 fully saturated rings. The van der Waals surface area contributed by atoms with Gasteiger partial charge in [-0.25, -0.2) is 0 Å². The van der Waals surface area contributed by atoms with Crippen molar-refractivity contribution in [3.05, 3.63) is 23.8 Å². The van der Waals surface area contributed by atoms with E-state index in [0.717, 1.165) is 28.9 Å². The number of ether oxygens (including phenoxy) is 2. The van der Waals surface area contributed by atoms with E-state index in [1.807, 2.05) is 25.1 Å². The van der Waals surface area contributed by atoms with Crippen molar-refractivity contribution in [1.82, 2.24) is 5.32 Å². The van der Waals surface area contributed by atoms with Crippen LogP contribution < -0.4 is 14.8 Å². The third-order valence-electron chi connectivity index (χ3n) is 3.95. The van der Waals surface area contributed by atoms with E-state index < -0.39 is 0 Å². The maximum atomic E-state index is 5.11. The summed E-state index contributed by atoms with van der Waals surface area (Å²) in [6.45, 7) is 9.09. The molecule has 114 valence electrons. The van der Waals surface area contributed by atoms with E-state index in [9.17, 15) is 0 Å². The van der Waals surface area contributed by atoms with Crippen LogP contribution in [0.25, 0.3) is 0 Å². The Morgan fingerprint density at radius 2 is 1.75 bits per heavy atom. The van der Waals surface area contributed by atoms with Crippen molar-refractivity contribution >= 4 is 0 Å². The third kappa shape index (κ3) is 5.04. The van der Waals surface area contributed by atoms with E-state index >= 15 is 0 Å². The van der Waals surface area contributed by atoms with Gasteiger partial charge >= 0.3 is 0 Å². The zero-order valence-electron chi connectivity index (χ0n) is 13.5. The van der Waals surface area contributed by atoms with Crippen LogP contribution in [0.15, 0.2) is 18.2 Å². The molecule has 0 spiro atoms. The minimum atomic E-state index is 0.865. The molecule has 1 heterocycles. The quantitative estimate of drug-likeness (QED) is 0.916. The SMILES string of the molecule is CC(C)[C@@H]1CCCNC1.COc1cccc(OC)c1C. The van der Waals surface area contributed by atoms with E-state index in [4.69, 9.17) is 9.47 Å². The first-order valence-electron chi connectivity index (χ1n) is 7.48. The minimum absolute atomic E-state index is 0.865. The molecule has 0 radical (unpaired) electrons. The minimum Gasteiger partial charge on any atom is -0.496 e. The lowest BCUT2D eigenvalue weighted by Crippen LogP contribution is -2.32. The highest BCUT2D eigenvalue weighted by Gasteiger charge is 2.15.